The minimum atomic E-state index is -1.79. The number of para-hydroxylation sites is 1. The SMILES string of the molecule is COc1ccccc1[C@H](Cn1c(=O)n(C(C)(C)C(=O)O)c(=O)c2c(C)c(-n3cccn3)sc21)OC(C)C. The van der Waals surface area contributed by atoms with Crippen molar-refractivity contribution in [2.24, 2.45) is 0 Å². The van der Waals surface area contributed by atoms with Gasteiger partial charge in [-0.15, -0.1) is 0 Å². The number of fused-ring (bicyclic) bond motifs is 1. The third-order valence-corrected chi connectivity index (χ3v) is 7.56. The van der Waals surface area contributed by atoms with Crippen LogP contribution < -0.4 is 16.0 Å². The Morgan fingerprint density at radius 3 is 2.49 bits per heavy atom. The molecule has 4 rings (SSSR count). The predicted octanol–water partition coefficient (Wildman–Crippen LogP) is 3.71. The molecule has 1 aromatic carbocycles. The maximum absolute atomic E-state index is 13.9. The molecule has 4 aromatic rings. The zero-order valence-corrected chi connectivity index (χ0v) is 22.4. The molecule has 11 heteroatoms. The van der Waals surface area contributed by atoms with Crippen molar-refractivity contribution < 1.29 is 19.4 Å². The molecule has 0 aliphatic heterocycles. The van der Waals surface area contributed by atoms with Crippen molar-refractivity contribution in [2.75, 3.05) is 7.11 Å². The normalized spacial score (nSPS) is 12.8. The minimum absolute atomic E-state index is 0.0301. The van der Waals surface area contributed by atoms with E-state index in [4.69, 9.17) is 9.47 Å². The van der Waals surface area contributed by atoms with E-state index < -0.39 is 28.9 Å². The molecule has 0 saturated heterocycles. The van der Waals surface area contributed by atoms with Gasteiger partial charge in [0.25, 0.3) is 5.56 Å². The summed E-state index contributed by atoms with van der Waals surface area (Å²) in [5.41, 5.74) is -1.84. The van der Waals surface area contributed by atoms with Crippen molar-refractivity contribution in [3.8, 4) is 10.8 Å². The number of aromatic nitrogens is 4. The molecule has 0 bridgehead atoms. The van der Waals surface area contributed by atoms with Crippen molar-refractivity contribution in [1.82, 2.24) is 18.9 Å². The van der Waals surface area contributed by atoms with E-state index in [-0.39, 0.29) is 18.0 Å². The highest BCUT2D eigenvalue weighted by atomic mass is 32.1. The van der Waals surface area contributed by atoms with Crippen molar-refractivity contribution in [3.63, 3.8) is 0 Å². The lowest BCUT2D eigenvalue weighted by Gasteiger charge is -2.26. The maximum atomic E-state index is 13.9. The summed E-state index contributed by atoms with van der Waals surface area (Å²) in [6.07, 6.45) is 2.56. The van der Waals surface area contributed by atoms with E-state index in [2.05, 4.69) is 5.10 Å². The average Bonchev–Trinajstić information content (AvgIpc) is 3.48. The summed E-state index contributed by atoms with van der Waals surface area (Å²) in [7, 11) is 1.56. The molecule has 0 saturated carbocycles. The van der Waals surface area contributed by atoms with Crippen LogP contribution in [0, 0.1) is 6.92 Å². The highest BCUT2D eigenvalue weighted by molar-refractivity contribution is 7.21. The van der Waals surface area contributed by atoms with Gasteiger partial charge < -0.3 is 14.6 Å². The lowest BCUT2D eigenvalue weighted by atomic mass is 10.1. The lowest BCUT2D eigenvalue weighted by molar-refractivity contribution is -0.146. The molecule has 0 spiro atoms. The molecule has 37 heavy (non-hydrogen) atoms. The van der Waals surface area contributed by atoms with Crippen molar-refractivity contribution in [1.29, 1.82) is 0 Å². The van der Waals surface area contributed by atoms with E-state index in [1.807, 2.05) is 38.1 Å². The Bertz CT molecular complexity index is 1560. The first-order chi connectivity index (χ1) is 17.5. The zero-order chi connectivity index (χ0) is 27.1. The Labute approximate surface area is 217 Å². The van der Waals surface area contributed by atoms with Crippen LogP contribution in [0.25, 0.3) is 15.2 Å². The van der Waals surface area contributed by atoms with Gasteiger partial charge in [-0.3, -0.25) is 9.36 Å². The van der Waals surface area contributed by atoms with Crippen LogP contribution in [0.15, 0.2) is 52.3 Å². The number of carbonyl (C=O) groups is 1. The van der Waals surface area contributed by atoms with E-state index in [9.17, 15) is 19.5 Å². The maximum Gasteiger partial charge on any atom is 0.333 e. The summed E-state index contributed by atoms with van der Waals surface area (Å²) in [5.74, 6) is -0.700. The highest BCUT2D eigenvalue weighted by Crippen LogP contribution is 2.34. The summed E-state index contributed by atoms with van der Waals surface area (Å²) >= 11 is 1.25. The Kier molecular flexibility index (Phi) is 7.11. The van der Waals surface area contributed by atoms with Crippen LogP contribution in [-0.4, -0.2) is 43.2 Å². The lowest BCUT2D eigenvalue weighted by Crippen LogP contribution is -2.52. The number of rotatable bonds is 9. The van der Waals surface area contributed by atoms with E-state index in [1.54, 1.807) is 37.2 Å². The van der Waals surface area contributed by atoms with Gasteiger partial charge in [-0.05, 0) is 46.8 Å². The van der Waals surface area contributed by atoms with Crippen molar-refractivity contribution >= 4 is 27.5 Å². The minimum Gasteiger partial charge on any atom is -0.496 e. The van der Waals surface area contributed by atoms with Crippen LogP contribution in [0.1, 0.15) is 44.9 Å². The number of carboxylic acid groups (broad SMARTS) is 1. The number of hydrogen-bond acceptors (Lipinski definition) is 7. The molecule has 3 heterocycles. The second kappa shape index (κ2) is 9.98. The smallest absolute Gasteiger partial charge is 0.333 e. The van der Waals surface area contributed by atoms with E-state index in [1.165, 1.54) is 29.8 Å². The summed E-state index contributed by atoms with van der Waals surface area (Å²) in [6.45, 7) is 8.26. The van der Waals surface area contributed by atoms with Crippen LogP contribution >= 0.6 is 11.3 Å². The molecule has 0 aliphatic carbocycles. The van der Waals surface area contributed by atoms with Gasteiger partial charge >= 0.3 is 11.7 Å². The van der Waals surface area contributed by atoms with Crippen LogP contribution in [0.3, 0.4) is 0 Å². The molecule has 0 aliphatic rings. The molecular formula is C26H30N4O6S. The van der Waals surface area contributed by atoms with Gasteiger partial charge in [0.1, 0.15) is 27.2 Å². The first-order valence-electron chi connectivity index (χ1n) is 11.8. The predicted molar refractivity (Wildman–Crippen MR) is 141 cm³/mol. The number of carboxylic acids is 1. The Morgan fingerprint density at radius 2 is 1.89 bits per heavy atom. The van der Waals surface area contributed by atoms with Gasteiger partial charge in [0.05, 0.1) is 25.1 Å². The number of aliphatic carboxylic acids is 1. The monoisotopic (exact) mass is 526 g/mol. The first kappa shape index (κ1) is 26.4. The molecule has 196 valence electrons. The fourth-order valence-electron chi connectivity index (χ4n) is 4.33. The molecule has 0 radical (unpaired) electrons. The molecular weight excluding hydrogens is 496 g/mol. The number of ether oxygens (including phenoxy) is 2. The number of aryl methyl sites for hydroxylation is 1. The molecule has 0 fully saturated rings. The number of methoxy groups -OCH3 is 1. The Hall–Kier alpha value is -3.70. The molecule has 1 atom stereocenters. The summed E-state index contributed by atoms with van der Waals surface area (Å²) < 4.78 is 15.7. The Balaban J connectivity index is 2.06. The third-order valence-electron chi connectivity index (χ3n) is 6.25. The number of hydrogen-bond donors (Lipinski definition) is 1. The first-order valence-corrected chi connectivity index (χ1v) is 12.6. The zero-order valence-electron chi connectivity index (χ0n) is 21.6. The van der Waals surface area contributed by atoms with Gasteiger partial charge in [0, 0.05) is 23.5 Å². The topological polar surface area (TPSA) is 118 Å². The van der Waals surface area contributed by atoms with Crippen molar-refractivity contribution in [3.05, 3.63) is 74.7 Å². The fraction of sp³-hybridized carbons (Fsp3) is 0.385. The van der Waals surface area contributed by atoms with E-state index in [0.29, 0.717) is 21.1 Å². The van der Waals surface area contributed by atoms with Gasteiger partial charge in [-0.1, -0.05) is 29.5 Å². The van der Waals surface area contributed by atoms with E-state index >= 15 is 0 Å². The molecule has 0 amide bonds. The largest absolute Gasteiger partial charge is 0.496 e. The quantitative estimate of drug-likeness (QED) is 0.353. The molecule has 0 unspecified atom stereocenters. The van der Waals surface area contributed by atoms with Crippen LogP contribution in [0.2, 0.25) is 0 Å². The van der Waals surface area contributed by atoms with Gasteiger partial charge in [0.15, 0.2) is 0 Å². The summed E-state index contributed by atoms with van der Waals surface area (Å²) in [6, 6.07) is 9.13. The standard InChI is InChI=1S/C26H30N4O6S/c1-15(2)36-19(17-10-7-8-11-18(17)35-6)14-28-23-20(16(3)22(37-23)29-13-9-12-27-29)21(31)30(25(28)34)26(4,5)24(32)33/h7-13,15,19H,14H2,1-6H3,(H,32,33)/t19-/m0/s1. The molecule has 10 nitrogen and oxygen atoms in total. The molecule has 3 aromatic heterocycles. The second-order valence-corrected chi connectivity index (χ2v) is 10.5. The van der Waals surface area contributed by atoms with Crippen LogP contribution in [-0.2, 0) is 21.6 Å². The summed E-state index contributed by atoms with van der Waals surface area (Å²) in [4.78, 5) is 40.2. The average molecular weight is 527 g/mol. The fourth-order valence-corrected chi connectivity index (χ4v) is 5.58. The number of benzene rings is 1. The Morgan fingerprint density at radius 1 is 1.19 bits per heavy atom. The highest BCUT2D eigenvalue weighted by Gasteiger charge is 2.36. The molecule has 1 N–H and O–H groups in total. The van der Waals surface area contributed by atoms with Crippen LogP contribution in [0.4, 0.5) is 0 Å². The van der Waals surface area contributed by atoms with Crippen LogP contribution in [0.5, 0.6) is 5.75 Å². The van der Waals surface area contributed by atoms with Gasteiger partial charge in [0.2, 0.25) is 0 Å². The number of thiophene rings is 1. The van der Waals surface area contributed by atoms with Gasteiger partial charge in [-0.25, -0.2) is 18.8 Å². The van der Waals surface area contributed by atoms with Gasteiger partial charge in [-0.2, -0.15) is 5.10 Å². The second-order valence-electron chi connectivity index (χ2n) is 9.48. The van der Waals surface area contributed by atoms with Crippen molar-refractivity contribution in [2.45, 2.75) is 58.9 Å². The third kappa shape index (κ3) is 4.60. The van der Waals surface area contributed by atoms with E-state index in [0.717, 1.165) is 10.1 Å². The number of nitrogens with zero attached hydrogens (tertiary/aromatic N) is 4. The summed E-state index contributed by atoms with van der Waals surface area (Å²) in [5, 5.41) is 15.1.